The fraction of sp³-hybridized carbons (Fsp3) is 0.370. The lowest BCUT2D eigenvalue weighted by Crippen LogP contribution is -2.20. The summed E-state index contributed by atoms with van der Waals surface area (Å²) in [6.07, 6.45) is 0.595. The highest BCUT2D eigenvalue weighted by molar-refractivity contribution is 6.20. The van der Waals surface area contributed by atoms with E-state index in [1.165, 1.54) is 49.5 Å². The van der Waals surface area contributed by atoms with Crippen LogP contribution in [0.15, 0.2) is 48.7 Å². The quantitative estimate of drug-likeness (QED) is 0.160. The van der Waals surface area contributed by atoms with E-state index in [-0.39, 0.29) is 28.0 Å². The number of nitrogens with zero attached hydrogens (tertiary/aromatic N) is 4. The zero-order chi connectivity index (χ0) is 29.3. The summed E-state index contributed by atoms with van der Waals surface area (Å²) in [6.45, 7) is 1.07. The van der Waals surface area contributed by atoms with Gasteiger partial charge in [0.2, 0.25) is 0 Å². The Morgan fingerprint density at radius 2 is 1.98 bits per heavy atom. The maximum atomic E-state index is 14.1. The Kier molecular flexibility index (Phi) is 8.18. The molecule has 3 heterocycles. The first-order valence-corrected chi connectivity index (χ1v) is 13.2. The molecule has 14 heteroatoms. The number of imidazole rings is 1. The molecule has 4 aromatic rings. The second-order valence-corrected chi connectivity index (χ2v) is 9.98. The van der Waals surface area contributed by atoms with Crippen molar-refractivity contribution < 1.29 is 36.2 Å². The fourth-order valence-electron chi connectivity index (χ4n) is 4.86. The Bertz CT molecular complexity index is 1530. The van der Waals surface area contributed by atoms with E-state index in [1.807, 2.05) is 0 Å². The van der Waals surface area contributed by atoms with Crippen LogP contribution in [0.25, 0.3) is 22.3 Å². The second-order valence-electron chi connectivity index (χ2n) is 9.54. The number of hydrogen-bond donors (Lipinski definition) is 1. The van der Waals surface area contributed by atoms with Crippen LogP contribution < -0.4 is 10.1 Å². The molecule has 8 nitrogen and oxygen atoms in total. The van der Waals surface area contributed by atoms with Gasteiger partial charge in [0.1, 0.15) is 12.4 Å². The topological polar surface area (TPSA) is 83.2 Å². The normalized spacial score (nSPS) is 16.7. The monoisotopic (exact) mass is 597 g/mol. The number of ether oxygens (including phenoxy) is 2. The molecule has 41 heavy (non-hydrogen) atoms. The maximum absolute atomic E-state index is 14.1. The third kappa shape index (κ3) is 6.15. The number of halogens is 6. The van der Waals surface area contributed by atoms with Crippen molar-refractivity contribution in [3.63, 3.8) is 0 Å². The van der Waals surface area contributed by atoms with Gasteiger partial charge in [-0.1, -0.05) is 0 Å². The lowest BCUT2D eigenvalue weighted by Gasteiger charge is -2.25. The molecule has 1 aliphatic rings. The van der Waals surface area contributed by atoms with E-state index in [0.29, 0.717) is 24.3 Å². The molecule has 2 atom stereocenters. The van der Waals surface area contributed by atoms with Crippen LogP contribution >= 0.6 is 11.6 Å². The molecule has 5 rings (SSSR count). The van der Waals surface area contributed by atoms with E-state index in [2.05, 4.69) is 20.1 Å². The summed E-state index contributed by atoms with van der Waals surface area (Å²) in [4.78, 5) is 17.4. The third-order valence-electron chi connectivity index (χ3n) is 6.65. The van der Waals surface area contributed by atoms with Crippen LogP contribution in [0.2, 0.25) is 0 Å². The van der Waals surface area contributed by atoms with E-state index >= 15 is 0 Å². The average molecular weight is 598 g/mol. The predicted octanol–water partition coefficient (Wildman–Crippen LogP) is 7.49. The molecule has 0 spiro atoms. The Morgan fingerprint density at radius 1 is 1.22 bits per heavy atom. The number of aromatic nitrogens is 4. The molecule has 2 aromatic heterocycles. The Morgan fingerprint density at radius 3 is 2.61 bits per heavy atom. The molecule has 1 fully saturated rings. The van der Waals surface area contributed by atoms with Crippen molar-refractivity contribution in [2.24, 2.45) is 0 Å². The van der Waals surface area contributed by atoms with Gasteiger partial charge in [-0.25, -0.2) is 22.8 Å². The average Bonchev–Trinajstić information content (AvgIpc) is 3.58. The highest BCUT2D eigenvalue weighted by Gasteiger charge is 2.29. The Hall–Kier alpha value is -3.71. The van der Waals surface area contributed by atoms with Crippen molar-refractivity contribution >= 4 is 34.2 Å². The molecule has 0 radical (unpaired) electrons. The Labute approximate surface area is 236 Å². The number of anilines is 1. The molecule has 0 aliphatic carbocycles. The van der Waals surface area contributed by atoms with Gasteiger partial charge < -0.3 is 19.4 Å². The molecule has 2 aromatic carbocycles. The number of alkyl halides is 6. The van der Waals surface area contributed by atoms with Crippen molar-refractivity contribution in [2.75, 3.05) is 18.6 Å². The minimum Gasteiger partial charge on any atom is -0.420 e. The van der Waals surface area contributed by atoms with Crippen molar-refractivity contribution in [2.45, 2.75) is 50.4 Å². The van der Waals surface area contributed by atoms with Crippen LogP contribution in [-0.4, -0.2) is 44.1 Å². The van der Waals surface area contributed by atoms with Crippen LogP contribution in [0, 0.1) is 0 Å². The summed E-state index contributed by atoms with van der Waals surface area (Å²) in [5, 5.41) is 7.04. The van der Waals surface area contributed by atoms with Gasteiger partial charge in [0, 0.05) is 41.2 Å². The molecule has 0 bridgehead atoms. The Balaban J connectivity index is 1.60. The molecule has 1 unspecified atom stereocenters. The molecule has 0 saturated carbocycles. The molecular weight excluding hydrogens is 573 g/mol. The number of amides is 1. The van der Waals surface area contributed by atoms with Crippen LogP contribution in [0.1, 0.15) is 61.1 Å². The van der Waals surface area contributed by atoms with Gasteiger partial charge >= 0.3 is 5.57 Å². The lowest BCUT2D eigenvalue weighted by atomic mass is 10.0. The SMILES string of the molecule is C[C@H](CF)n1c(C(F)F)nc2cc(C(=O)Nc3ccc(OC(F)(F)Cl)cc3)cc(-c3ccnn3C3CCCCO3)c21. The highest BCUT2D eigenvalue weighted by atomic mass is 35.5. The van der Waals surface area contributed by atoms with Gasteiger partial charge in [-0.15, -0.1) is 8.78 Å². The predicted molar refractivity (Wildman–Crippen MR) is 141 cm³/mol. The van der Waals surface area contributed by atoms with Gasteiger partial charge in [0.25, 0.3) is 12.3 Å². The summed E-state index contributed by atoms with van der Waals surface area (Å²) >= 11 is 4.78. The minimum atomic E-state index is -3.90. The summed E-state index contributed by atoms with van der Waals surface area (Å²) < 4.78 is 80.8. The lowest BCUT2D eigenvalue weighted by molar-refractivity contribution is -0.0964. The van der Waals surface area contributed by atoms with Gasteiger partial charge in [-0.2, -0.15) is 5.10 Å². The van der Waals surface area contributed by atoms with E-state index in [9.17, 15) is 26.7 Å². The molecule has 1 N–H and O–H groups in total. The molecule has 1 saturated heterocycles. The van der Waals surface area contributed by atoms with Gasteiger partial charge in [0.05, 0.1) is 22.8 Å². The number of nitrogens with one attached hydrogen (secondary N) is 1. The third-order valence-corrected chi connectivity index (χ3v) is 6.73. The molecule has 218 valence electrons. The number of rotatable bonds is 9. The summed E-state index contributed by atoms with van der Waals surface area (Å²) in [5.41, 5.74) is -2.48. The van der Waals surface area contributed by atoms with Crippen molar-refractivity contribution in [1.29, 1.82) is 0 Å². The number of fused-ring (bicyclic) bond motifs is 1. The van der Waals surface area contributed by atoms with E-state index < -0.39 is 42.7 Å². The van der Waals surface area contributed by atoms with Crippen LogP contribution in [-0.2, 0) is 4.74 Å². The van der Waals surface area contributed by atoms with Crippen LogP contribution in [0.3, 0.4) is 0 Å². The standard InChI is InChI=1S/C27H25ClF5N5O3/c1-15(14-29)37-23-19(21-9-10-34-38(21)22-4-2-3-11-40-22)12-16(13-20(23)36-25(37)24(30)31)26(39)35-17-5-7-18(8-6-17)41-27(28,32)33/h5-10,12-13,15,22,24H,2-4,11,14H2,1H3,(H,35,39)/t15-,22?/m1/s1. The van der Waals surface area contributed by atoms with Crippen molar-refractivity contribution in [3.8, 4) is 17.0 Å². The van der Waals surface area contributed by atoms with Crippen molar-refractivity contribution in [1.82, 2.24) is 19.3 Å². The van der Waals surface area contributed by atoms with Crippen LogP contribution in [0.5, 0.6) is 5.75 Å². The minimum absolute atomic E-state index is 0.0636. The first-order valence-electron chi connectivity index (χ1n) is 12.8. The maximum Gasteiger partial charge on any atom is 0.487 e. The molecule has 1 amide bonds. The second kappa shape index (κ2) is 11.6. The van der Waals surface area contributed by atoms with E-state index in [0.717, 1.165) is 17.4 Å². The largest absolute Gasteiger partial charge is 0.487 e. The van der Waals surface area contributed by atoms with Gasteiger partial charge in [-0.3, -0.25) is 4.79 Å². The van der Waals surface area contributed by atoms with Gasteiger partial charge in [-0.05, 0) is 68.7 Å². The first kappa shape index (κ1) is 28.8. The van der Waals surface area contributed by atoms with Crippen molar-refractivity contribution in [3.05, 3.63) is 60.0 Å². The summed E-state index contributed by atoms with van der Waals surface area (Å²) in [7, 11) is 0. The molecular formula is C27H25ClF5N5O3. The first-order chi connectivity index (χ1) is 19.6. The number of benzene rings is 2. The highest BCUT2D eigenvalue weighted by Crippen LogP contribution is 2.38. The number of hydrogen-bond acceptors (Lipinski definition) is 5. The summed E-state index contributed by atoms with van der Waals surface area (Å²) in [6, 6.07) is 8.58. The van der Waals surface area contributed by atoms with E-state index in [1.54, 1.807) is 10.7 Å². The smallest absolute Gasteiger partial charge is 0.420 e. The zero-order valence-electron chi connectivity index (χ0n) is 21.7. The zero-order valence-corrected chi connectivity index (χ0v) is 22.4. The van der Waals surface area contributed by atoms with E-state index in [4.69, 9.17) is 16.3 Å². The summed E-state index contributed by atoms with van der Waals surface area (Å²) in [5.74, 6) is -1.48. The number of carbonyl (C=O) groups is 1. The van der Waals surface area contributed by atoms with Crippen LogP contribution in [0.4, 0.5) is 27.6 Å². The number of carbonyl (C=O) groups excluding carboxylic acids is 1. The fourth-order valence-corrected chi connectivity index (χ4v) is 4.95. The molecule has 1 aliphatic heterocycles. The van der Waals surface area contributed by atoms with Gasteiger partial charge in [0.15, 0.2) is 12.1 Å².